The molecule has 0 unspecified atom stereocenters. The summed E-state index contributed by atoms with van der Waals surface area (Å²) in [6.45, 7) is 4.57. The van der Waals surface area contributed by atoms with E-state index in [0.717, 1.165) is 17.7 Å². The predicted octanol–water partition coefficient (Wildman–Crippen LogP) is 3.03. The number of nitrogens with zero attached hydrogens (tertiary/aromatic N) is 1. The summed E-state index contributed by atoms with van der Waals surface area (Å²) in [4.78, 5) is 12.1. The maximum absolute atomic E-state index is 12.1. The molecule has 0 amide bonds. The average molecular weight is 341 g/mol. The number of rotatable bonds is 5. The van der Waals surface area contributed by atoms with Crippen molar-refractivity contribution >= 4 is 29.5 Å². The molecule has 2 N–H and O–H groups in total. The zero-order valence-corrected chi connectivity index (χ0v) is 14.4. The molecule has 2 aromatic carbocycles. The molecule has 5 nitrogen and oxygen atoms in total. The first kappa shape index (κ1) is 17.6. The molecule has 0 atom stereocenters. The number of carbonyl (C=O) groups excluding carboxylic acids is 1. The number of ether oxygens (including phenoxy) is 1. The molecular weight excluding hydrogens is 322 g/mol. The zero-order chi connectivity index (χ0) is 17.4. The lowest BCUT2D eigenvalue weighted by atomic mass is 10.1. The number of esters is 1. The summed E-state index contributed by atoms with van der Waals surface area (Å²) in [6.07, 6.45) is 1.64. The van der Waals surface area contributed by atoms with Gasteiger partial charge in [-0.25, -0.2) is 4.79 Å². The van der Waals surface area contributed by atoms with Crippen LogP contribution in [0, 0.1) is 6.92 Å². The van der Waals surface area contributed by atoms with Gasteiger partial charge in [-0.05, 0) is 67.5 Å². The van der Waals surface area contributed by atoms with E-state index in [1.807, 2.05) is 44.2 Å². The maximum Gasteiger partial charge on any atom is 0.343 e. The maximum atomic E-state index is 12.1. The number of nitrogens with one attached hydrogen (secondary N) is 2. The number of carbonyl (C=O) groups is 1. The third-order valence-electron chi connectivity index (χ3n) is 3.17. The standard InChI is InChI=1S/C18H19N3O2S/c1-3-19-18(24)21-20-12-14-8-10-15(11-9-14)23-17(22)16-7-5-4-6-13(16)2/h4-12H,3H2,1-2H3,(H2,19,21,24). The van der Waals surface area contributed by atoms with Crippen LogP contribution in [0.5, 0.6) is 5.75 Å². The summed E-state index contributed by atoms with van der Waals surface area (Å²) in [5, 5.41) is 7.43. The fraction of sp³-hybridized carbons (Fsp3) is 0.167. The van der Waals surface area contributed by atoms with Crippen LogP contribution >= 0.6 is 12.2 Å². The molecule has 0 radical (unpaired) electrons. The smallest absolute Gasteiger partial charge is 0.343 e. The number of thiocarbonyl (C=S) groups is 1. The van der Waals surface area contributed by atoms with Crippen molar-refractivity contribution < 1.29 is 9.53 Å². The van der Waals surface area contributed by atoms with Crippen molar-refractivity contribution in [1.29, 1.82) is 0 Å². The van der Waals surface area contributed by atoms with E-state index in [-0.39, 0.29) is 5.97 Å². The number of hydrogen-bond acceptors (Lipinski definition) is 4. The SMILES string of the molecule is CCNC(=S)NN=Cc1ccc(OC(=O)c2ccccc2C)cc1. The Morgan fingerprint density at radius 2 is 1.92 bits per heavy atom. The van der Waals surface area contributed by atoms with E-state index >= 15 is 0 Å². The number of hydrogen-bond donors (Lipinski definition) is 2. The minimum absolute atomic E-state index is 0.368. The van der Waals surface area contributed by atoms with Gasteiger partial charge in [0.15, 0.2) is 5.11 Å². The van der Waals surface area contributed by atoms with E-state index in [9.17, 15) is 4.79 Å². The Labute approximate surface area is 146 Å². The normalized spacial score (nSPS) is 10.4. The third-order valence-corrected chi connectivity index (χ3v) is 3.41. The van der Waals surface area contributed by atoms with Crippen LogP contribution in [0.1, 0.15) is 28.4 Å². The molecule has 0 aliphatic rings. The molecule has 0 bridgehead atoms. The van der Waals surface area contributed by atoms with Crippen molar-refractivity contribution in [2.24, 2.45) is 5.10 Å². The summed E-state index contributed by atoms with van der Waals surface area (Å²) in [6, 6.07) is 14.4. The van der Waals surface area contributed by atoms with E-state index in [4.69, 9.17) is 17.0 Å². The Balaban J connectivity index is 1.95. The van der Waals surface area contributed by atoms with Crippen molar-refractivity contribution in [3.8, 4) is 5.75 Å². The first-order chi connectivity index (χ1) is 11.6. The first-order valence-corrected chi connectivity index (χ1v) is 7.95. The highest BCUT2D eigenvalue weighted by atomic mass is 32.1. The fourth-order valence-corrected chi connectivity index (χ4v) is 2.15. The van der Waals surface area contributed by atoms with Crippen LogP contribution in [0.2, 0.25) is 0 Å². The molecule has 0 aromatic heterocycles. The molecule has 0 saturated carbocycles. The summed E-state index contributed by atoms with van der Waals surface area (Å²) in [5.41, 5.74) is 5.01. The van der Waals surface area contributed by atoms with Gasteiger partial charge in [0.1, 0.15) is 5.75 Å². The summed E-state index contributed by atoms with van der Waals surface area (Å²) in [7, 11) is 0. The van der Waals surface area contributed by atoms with Gasteiger partial charge in [0, 0.05) is 6.54 Å². The highest BCUT2D eigenvalue weighted by molar-refractivity contribution is 7.80. The van der Waals surface area contributed by atoms with Gasteiger partial charge in [-0.1, -0.05) is 18.2 Å². The molecule has 2 aromatic rings. The van der Waals surface area contributed by atoms with Crippen LogP contribution in [-0.4, -0.2) is 23.8 Å². The number of hydrazone groups is 1. The minimum Gasteiger partial charge on any atom is -0.423 e. The van der Waals surface area contributed by atoms with Crippen LogP contribution in [0.3, 0.4) is 0 Å². The van der Waals surface area contributed by atoms with Gasteiger partial charge in [0.25, 0.3) is 0 Å². The highest BCUT2D eigenvalue weighted by Crippen LogP contribution is 2.15. The van der Waals surface area contributed by atoms with Crippen LogP contribution in [0.15, 0.2) is 53.6 Å². The van der Waals surface area contributed by atoms with Gasteiger partial charge in [0.05, 0.1) is 11.8 Å². The lowest BCUT2D eigenvalue weighted by Crippen LogP contribution is -2.31. The lowest BCUT2D eigenvalue weighted by Gasteiger charge is -2.06. The average Bonchev–Trinajstić information content (AvgIpc) is 2.57. The molecule has 0 aliphatic carbocycles. The molecule has 0 saturated heterocycles. The van der Waals surface area contributed by atoms with Crippen molar-refractivity contribution in [2.45, 2.75) is 13.8 Å². The quantitative estimate of drug-likeness (QED) is 0.288. The largest absolute Gasteiger partial charge is 0.423 e. The van der Waals surface area contributed by atoms with Crippen molar-refractivity contribution in [3.05, 3.63) is 65.2 Å². The Hall–Kier alpha value is -2.73. The molecule has 0 fully saturated rings. The van der Waals surface area contributed by atoms with Crippen LogP contribution < -0.4 is 15.5 Å². The molecule has 2 rings (SSSR count). The van der Waals surface area contributed by atoms with E-state index in [1.165, 1.54) is 0 Å². The Bertz CT molecular complexity index is 742. The van der Waals surface area contributed by atoms with Crippen LogP contribution in [0.4, 0.5) is 0 Å². The minimum atomic E-state index is -0.368. The van der Waals surface area contributed by atoms with Gasteiger partial charge >= 0.3 is 5.97 Å². The summed E-state index contributed by atoms with van der Waals surface area (Å²) < 4.78 is 5.38. The second-order valence-corrected chi connectivity index (χ2v) is 5.41. The van der Waals surface area contributed by atoms with E-state index in [2.05, 4.69) is 15.8 Å². The fourth-order valence-electron chi connectivity index (χ4n) is 1.95. The lowest BCUT2D eigenvalue weighted by molar-refractivity contribution is 0.0734. The van der Waals surface area contributed by atoms with Gasteiger partial charge < -0.3 is 10.1 Å². The van der Waals surface area contributed by atoms with Crippen LogP contribution in [-0.2, 0) is 0 Å². The predicted molar refractivity (Wildman–Crippen MR) is 99.6 cm³/mol. The second kappa shape index (κ2) is 8.79. The van der Waals surface area contributed by atoms with Gasteiger partial charge in [-0.3, -0.25) is 5.43 Å². The highest BCUT2D eigenvalue weighted by Gasteiger charge is 2.10. The first-order valence-electron chi connectivity index (χ1n) is 7.55. The summed E-state index contributed by atoms with van der Waals surface area (Å²) >= 11 is 5.00. The van der Waals surface area contributed by atoms with Crippen molar-refractivity contribution in [2.75, 3.05) is 6.54 Å². The second-order valence-electron chi connectivity index (χ2n) is 5.00. The molecule has 0 heterocycles. The Morgan fingerprint density at radius 3 is 2.58 bits per heavy atom. The van der Waals surface area contributed by atoms with E-state index in [0.29, 0.717) is 16.4 Å². The Kier molecular flexibility index (Phi) is 6.45. The third kappa shape index (κ3) is 5.17. The topological polar surface area (TPSA) is 62.7 Å². The van der Waals surface area contributed by atoms with Crippen molar-refractivity contribution in [3.63, 3.8) is 0 Å². The monoisotopic (exact) mass is 341 g/mol. The summed E-state index contributed by atoms with van der Waals surface area (Å²) in [5.74, 6) is 0.115. The molecule has 0 spiro atoms. The van der Waals surface area contributed by atoms with Gasteiger partial charge in [-0.15, -0.1) is 0 Å². The number of benzene rings is 2. The van der Waals surface area contributed by atoms with Gasteiger partial charge in [0.2, 0.25) is 0 Å². The van der Waals surface area contributed by atoms with Crippen molar-refractivity contribution in [1.82, 2.24) is 10.7 Å². The van der Waals surface area contributed by atoms with E-state index < -0.39 is 0 Å². The molecule has 6 heteroatoms. The van der Waals surface area contributed by atoms with Gasteiger partial charge in [-0.2, -0.15) is 5.10 Å². The molecule has 0 aliphatic heterocycles. The van der Waals surface area contributed by atoms with E-state index in [1.54, 1.807) is 24.4 Å². The number of aryl methyl sites for hydroxylation is 1. The zero-order valence-electron chi connectivity index (χ0n) is 13.6. The molecular formula is C18H19N3O2S. The Morgan fingerprint density at radius 1 is 1.21 bits per heavy atom. The molecule has 24 heavy (non-hydrogen) atoms. The van der Waals surface area contributed by atoms with Crippen LogP contribution in [0.25, 0.3) is 0 Å². The molecule has 124 valence electrons.